The van der Waals surface area contributed by atoms with Crippen LogP contribution in [0.1, 0.15) is 53.6 Å². The van der Waals surface area contributed by atoms with E-state index in [1.165, 1.54) is 17.8 Å². The monoisotopic (exact) mass is 325 g/mol. The van der Waals surface area contributed by atoms with E-state index in [0.717, 1.165) is 18.5 Å². The maximum Gasteiger partial charge on any atom is 0.270 e. The van der Waals surface area contributed by atoms with Gasteiger partial charge in [-0.15, -0.1) is 0 Å². The fraction of sp³-hybridized carbons (Fsp3) is 0.316. The molecule has 0 spiro atoms. The zero-order valence-corrected chi connectivity index (χ0v) is 14.3. The number of nitrogens with one attached hydrogen (secondary N) is 2. The lowest BCUT2D eigenvalue weighted by atomic mass is 10.1. The maximum atomic E-state index is 12.4. The number of rotatable bonds is 6. The summed E-state index contributed by atoms with van der Waals surface area (Å²) >= 11 is 0. The summed E-state index contributed by atoms with van der Waals surface area (Å²) in [5.41, 5.74) is 2.57. The fourth-order valence-corrected chi connectivity index (χ4v) is 2.12. The lowest BCUT2D eigenvalue weighted by Crippen LogP contribution is -2.32. The molecule has 0 saturated heterocycles. The number of pyridine rings is 1. The molecule has 0 aliphatic carbocycles. The van der Waals surface area contributed by atoms with E-state index in [1.54, 1.807) is 6.07 Å². The zero-order valence-electron chi connectivity index (χ0n) is 14.3. The van der Waals surface area contributed by atoms with Gasteiger partial charge in [0.05, 0.1) is 0 Å². The van der Waals surface area contributed by atoms with E-state index in [9.17, 15) is 9.59 Å². The van der Waals surface area contributed by atoms with Gasteiger partial charge < -0.3 is 10.6 Å². The van der Waals surface area contributed by atoms with Gasteiger partial charge >= 0.3 is 0 Å². The molecule has 24 heavy (non-hydrogen) atoms. The van der Waals surface area contributed by atoms with E-state index in [-0.39, 0.29) is 23.6 Å². The lowest BCUT2D eigenvalue weighted by Gasteiger charge is -2.11. The van der Waals surface area contributed by atoms with Crippen molar-refractivity contribution in [2.45, 2.75) is 39.7 Å². The number of carbonyl (C=O) groups is 2. The number of anilines is 1. The largest absolute Gasteiger partial charge is 0.348 e. The molecular weight excluding hydrogens is 302 g/mol. The minimum atomic E-state index is -0.272. The van der Waals surface area contributed by atoms with Gasteiger partial charge in [-0.05, 0) is 49.6 Å². The predicted molar refractivity (Wildman–Crippen MR) is 95.2 cm³/mol. The Bertz CT molecular complexity index is 711. The highest BCUT2D eigenvalue weighted by Gasteiger charge is 2.13. The Hall–Kier alpha value is -2.69. The Kier molecular flexibility index (Phi) is 6.07. The van der Waals surface area contributed by atoms with Crippen LogP contribution in [0.3, 0.4) is 0 Å². The Morgan fingerprint density at radius 1 is 1.08 bits per heavy atom. The average Bonchev–Trinajstić information content (AvgIpc) is 2.62. The molecule has 0 radical (unpaired) electrons. The highest BCUT2D eigenvalue weighted by atomic mass is 16.2. The highest BCUT2D eigenvalue weighted by molar-refractivity contribution is 6.05. The average molecular weight is 325 g/mol. The van der Waals surface area contributed by atoms with Gasteiger partial charge in [0.15, 0.2) is 0 Å². The van der Waals surface area contributed by atoms with Crippen molar-refractivity contribution in [1.82, 2.24) is 10.3 Å². The molecule has 0 bridgehead atoms. The molecule has 2 aromatic rings. The highest BCUT2D eigenvalue weighted by Crippen LogP contribution is 2.12. The van der Waals surface area contributed by atoms with E-state index in [0.29, 0.717) is 5.56 Å². The van der Waals surface area contributed by atoms with Gasteiger partial charge in [0, 0.05) is 23.5 Å². The molecule has 126 valence electrons. The van der Waals surface area contributed by atoms with Crippen molar-refractivity contribution in [2.75, 3.05) is 5.32 Å². The second kappa shape index (κ2) is 8.24. The van der Waals surface area contributed by atoms with Gasteiger partial charge in [0.1, 0.15) is 5.69 Å². The summed E-state index contributed by atoms with van der Waals surface area (Å²) in [5, 5.41) is 5.67. The topological polar surface area (TPSA) is 71.1 Å². The first-order valence-electron chi connectivity index (χ1n) is 8.20. The number of benzene rings is 1. The van der Waals surface area contributed by atoms with Crippen LogP contribution in [0.4, 0.5) is 5.69 Å². The standard InChI is InChI=1S/C19H23N3O2/c1-4-13(3)21-19(24)17-12-15(10-11-20-17)18(23)22-16-8-6-14(5-2)7-9-16/h6-13H,4-5H2,1-3H3,(H,21,24)(H,22,23). The summed E-state index contributed by atoms with van der Waals surface area (Å²) in [6.45, 7) is 6.00. The van der Waals surface area contributed by atoms with Gasteiger partial charge in [-0.25, -0.2) is 0 Å². The fourth-order valence-electron chi connectivity index (χ4n) is 2.12. The molecule has 0 aliphatic heterocycles. The van der Waals surface area contributed by atoms with Crippen molar-refractivity contribution >= 4 is 17.5 Å². The smallest absolute Gasteiger partial charge is 0.270 e. The summed E-state index contributed by atoms with van der Waals surface area (Å²) < 4.78 is 0. The number of aromatic nitrogens is 1. The molecule has 1 atom stereocenters. The van der Waals surface area contributed by atoms with Crippen molar-refractivity contribution in [3.63, 3.8) is 0 Å². The van der Waals surface area contributed by atoms with Crippen LogP contribution >= 0.6 is 0 Å². The van der Waals surface area contributed by atoms with E-state index in [1.807, 2.05) is 38.1 Å². The van der Waals surface area contributed by atoms with Crippen LogP contribution in [0.5, 0.6) is 0 Å². The van der Waals surface area contributed by atoms with Crippen molar-refractivity contribution in [3.8, 4) is 0 Å². The number of carbonyl (C=O) groups excluding carboxylic acids is 2. The van der Waals surface area contributed by atoms with Crippen molar-refractivity contribution in [3.05, 3.63) is 59.4 Å². The van der Waals surface area contributed by atoms with Crippen molar-refractivity contribution in [2.24, 2.45) is 0 Å². The van der Waals surface area contributed by atoms with Crippen molar-refractivity contribution in [1.29, 1.82) is 0 Å². The van der Waals surface area contributed by atoms with Crippen molar-refractivity contribution < 1.29 is 9.59 Å². The summed E-state index contributed by atoms with van der Waals surface area (Å²) in [5.74, 6) is -0.537. The van der Waals surface area contributed by atoms with Crippen LogP contribution in [-0.4, -0.2) is 22.8 Å². The summed E-state index contributed by atoms with van der Waals surface area (Å²) in [7, 11) is 0. The summed E-state index contributed by atoms with van der Waals surface area (Å²) in [4.78, 5) is 28.5. The SMILES string of the molecule is CCc1ccc(NC(=O)c2ccnc(C(=O)NC(C)CC)c2)cc1. The van der Waals surface area contributed by atoms with Gasteiger partial charge in [0.25, 0.3) is 11.8 Å². The Labute approximate surface area is 142 Å². The number of hydrogen-bond acceptors (Lipinski definition) is 3. The van der Waals surface area contributed by atoms with E-state index >= 15 is 0 Å². The van der Waals surface area contributed by atoms with E-state index in [2.05, 4.69) is 22.5 Å². The molecule has 5 nitrogen and oxygen atoms in total. The zero-order chi connectivity index (χ0) is 17.5. The third-order valence-corrected chi connectivity index (χ3v) is 3.86. The molecular formula is C19H23N3O2. The molecule has 2 N–H and O–H groups in total. The molecule has 2 amide bonds. The molecule has 5 heteroatoms. The van der Waals surface area contributed by atoms with Gasteiger partial charge in [0.2, 0.25) is 0 Å². The minimum absolute atomic E-state index is 0.0638. The van der Waals surface area contributed by atoms with Crippen LogP contribution < -0.4 is 10.6 Å². The maximum absolute atomic E-state index is 12.4. The molecule has 0 fully saturated rings. The van der Waals surface area contributed by atoms with Crippen LogP contribution in [-0.2, 0) is 6.42 Å². The first-order chi connectivity index (χ1) is 11.5. The first-order valence-corrected chi connectivity index (χ1v) is 8.20. The Balaban J connectivity index is 2.09. The number of aryl methyl sites for hydroxylation is 1. The molecule has 1 unspecified atom stereocenters. The second-order valence-electron chi connectivity index (χ2n) is 5.72. The molecule has 1 aromatic heterocycles. The van der Waals surface area contributed by atoms with Gasteiger partial charge in [-0.3, -0.25) is 14.6 Å². The minimum Gasteiger partial charge on any atom is -0.348 e. The third kappa shape index (κ3) is 4.65. The molecule has 1 heterocycles. The van der Waals surface area contributed by atoms with Gasteiger partial charge in [-0.1, -0.05) is 26.0 Å². The predicted octanol–water partition coefficient (Wildman–Crippen LogP) is 3.42. The Morgan fingerprint density at radius 3 is 2.42 bits per heavy atom. The van der Waals surface area contributed by atoms with Gasteiger partial charge in [-0.2, -0.15) is 0 Å². The summed E-state index contributed by atoms with van der Waals surface area (Å²) in [6.07, 6.45) is 3.26. The number of hydrogen-bond donors (Lipinski definition) is 2. The Morgan fingerprint density at radius 2 is 1.79 bits per heavy atom. The lowest BCUT2D eigenvalue weighted by molar-refractivity contribution is 0.0934. The van der Waals surface area contributed by atoms with E-state index in [4.69, 9.17) is 0 Å². The third-order valence-electron chi connectivity index (χ3n) is 3.86. The quantitative estimate of drug-likeness (QED) is 0.855. The molecule has 2 rings (SSSR count). The van der Waals surface area contributed by atoms with E-state index < -0.39 is 0 Å². The molecule has 0 aliphatic rings. The van der Waals surface area contributed by atoms with Crippen LogP contribution in [0.2, 0.25) is 0 Å². The van der Waals surface area contributed by atoms with Crippen LogP contribution in [0, 0.1) is 0 Å². The second-order valence-corrected chi connectivity index (χ2v) is 5.72. The molecule has 0 saturated carbocycles. The number of nitrogens with zero attached hydrogens (tertiary/aromatic N) is 1. The van der Waals surface area contributed by atoms with Crippen LogP contribution in [0.25, 0.3) is 0 Å². The van der Waals surface area contributed by atoms with Crippen LogP contribution in [0.15, 0.2) is 42.6 Å². The molecule has 1 aromatic carbocycles. The first kappa shape index (κ1) is 17.7. The summed E-state index contributed by atoms with van der Waals surface area (Å²) in [6, 6.07) is 10.9. The normalized spacial score (nSPS) is 11.6. The number of amides is 2.